The van der Waals surface area contributed by atoms with Crippen molar-refractivity contribution < 1.29 is 8.42 Å². The molecule has 0 spiro atoms. The first kappa shape index (κ1) is 18.4. The smallest absolute Gasteiger partial charge is 0.238 e. The predicted molar refractivity (Wildman–Crippen MR) is 101 cm³/mol. The molecule has 0 fully saturated rings. The summed E-state index contributed by atoms with van der Waals surface area (Å²) in [7, 11) is -3.69. The summed E-state index contributed by atoms with van der Waals surface area (Å²) < 4.78 is 22.5. The fourth-order valence-corrected chi connectivity index (χ4v) is 3.05. The number of hydrogen-bond donors (Lipinski definition) is 3. The Bertz CT molecular complexity index is 801. The Morgan fingerprint density at radius 1 is 1.12 bits per heavy atom. The van der Waals surface area contributed by atoms with Crippen LogP contribution in [0.5, 0.6) is 0 Å². The summed E-state index contributed by atoms with van der Waals surface area (Å²) in [6.45, 7) is 4.14. The van der Waals surface area contributed by atoms with Crippen molar-refractivity contribution in [1.29, 1.82) is 0 Å². The van der Waals surface area contributed by atoms with E-state index in [1.807, 2.05) is 0 Å². The normalized spacial score (nSPS) is 12.5. The fourth-order valence-electron chi connectivity index (χ4n) is 2.27. The van der Waals surface area contributed by atoms with Crippen molar-refractivity contribution in [3.8, 4) is 0 Å². The lowest BCUT2D eigenvalue weighted by Crippen LogP contribution is -2.32. The van der Waals surface area contributed by atoms with Gasteiger partial charge in [-0.05, 0) is 55.4 Å². The van der Waals surface area contributed by atoms with Gasteiger partial charge in [-0.2, -0.15) is 0 Å². The van der Waals surface area contributed by atoms with E-state index in [4.69, 9.17) is 17.4 Å². The lowest BCUT2D eigenvalue weighted by Gasteiger charge is -2.20. The maximum absolute atomic E-state index is 11.3. The molecule has 24 heavy (non-hydrogen) atoms. The molecule has 0 aliphatic carbocycles. The Kier molecular flexibility index (Phi) is 5.93. The first-order valence-corrected chi connectivity index (χ1v) is 9.52. The Labute approximate surface area is 148 Å². The molecule has 0 radical (unpaired) electrons. The number of nitrogens with one attached hydrogen (secondary N) is 2. The Morgan fingerprint density at radius 2 is 1.71 bits per heavy atom. The molecular formula is C17H21N3O2S2. The third kappa shape index (κ3) is 5.02. The fraction of sp³-hybridized carbons (Fsp3) is 0.235. The molecule has 0 aromatic heterocycles. The minimum absolute atomic E-state index is 0.0676. The highest BCUT2D eigenvalue weighted by Crippen LogP contribution is 2.18. The highest BCUT2D eigenvalue weighted by molar-refractivity contribution is 7.89. The van der Waals surface area contributed by atoms with Gasteiger partial charge in [0.1, 0.15) is 0 Å². The monoisotopic (exact) mass is 363 g/mol. The van der Waals surface area contributed by atoms with Crippen molar-refractivity contribution in [3.05, 3.63) is 59.7 Å². The highest BCUT2D eigenvalue weighted by Gasteiger charge is 2.11. The number of aryl methyl sites for hydroxylation is 1. The lowest BCUT2D eigenvalue weighted by molar-refractivity contribution is 0.598. The van der Waals surface area contributed by atoms with E-state index in [-0.39, 0.29) is 10.9 Å². The second kappa shape index (κ2) is 7.74. The number of primary sulfonamides is 1. The van der Waals surface area contributed by atoms with Crippen LogP contribution in [0, 0.1) is 6.92 Å². The summed E-state index contributed by atoms with van der Waals surface area (Å²) in [5.74, 6) is 0. The largest absolute Gasteiger partial charge is 0.356 e. The Hall–Kier alpha value is -1.96. The van der Waals surface area contributed by atoms with Crippen LogP contribution in [-0.2, 0) is 10.0 Å². The minimum Gasteiger partial charge on any atom is -0.356 e. The SMILES string of the molecule is CCC(NC(=S)Nc1ccc(S(N)(=O)=O)cc1)c1ccc(C)cc1. The van der Waals surface area contributed by atoms with Crippen LogP contribution in [0.2, 0.25) is 0 Å². The summed E-state index contributed by atoms with van der Waals surface area (Å²) in [5.41, 5.74) is 3.07. The summed E-state index contributed by atoms with van der Waals surface area (Å²) in [5, 5.41) is 11.9. The van der Waals surface area contributed by atoms with E-state index in [9.17, 15) is 8.42 Å². The van der Waals surface area contributed by atoms with Crippen LogP contribution in [0.15, 0.2) is 53.4 Å². The first-order chi connectivity index (χ1) is 11.3. The molecule has 2 aromatic carbocycles. The second-order valence-electron chi connectivity index (χ2n) is 5.54. The number of thiocarbonyl (C=S) groups is 1. The van der Waals surface area contributed by atoms with Crippen molar-refractivity contribution >= 4 is 33.0 Å². The molecule has 0 saturated heterocycles. The molecule has 0 aliphatic heterocycles. The standard InChI is InChI=1S/C17H21N3O2S2/c1-3-16(13-6-4-12(2)5-7-13)20-17(23)19-14-8-10-15(11-9-14)24(18,21)22/h4-11,16H,3H2,1-2H3,(H2,18,21,22)(H2,19,20,23). The zero-order chi connectivity index (χ0) is 17.7. The zero-order valence-corrected chi connectivity index (χ0v) is 15.2. The summed E-state index contributed by atoms with van der Waals surface area (Å²) in [6, 6.07) is 14.6. The van der Waals surface area contributed by atoms with Crippen LogP contribution >= 0.6 is 12.2 Å². The predicted octanol–water partition coefficient (Wildman–Crippen LogP) is 3.08. The molecule has 0 heterocycles. The van der Waals surface area contributed by atoms with Crippen molar-refractivity contribution in [2.75, 3.05) is 5.32 Å². The number of benzene rings is 2. The Balaban J connectivity index is 2.02. The third-order valence-electron chi connectivity index (χ3n) is 3.63. The van der Waals surface area contributed by atoms with Crippen LogP contribution in [0.3, 0.4) is 0 Å². The summed E-state index contributed by atoms with van der Waals surface area (Å²) in [4.78, 5) is 0.0676. The molecule has 0 amide bonds. The molecular weight excluding hydrogens is 342 g/mol. The molecule has 4 N–H and O–H groups in total. The van der Waals surface area contributed by atoms with E-state index in [0.717, 1.165) is 12.0 Å². The van der Waals surface area contributed by atoms with E-state index in [0.29, 0.717) is 10.8 Å². The number of nitrogens with two attached hydrogens (primary N) is 1. The van der Waals surface area contributed by atoms with Gasteiger partial charge >= 0.3 is 0 Å². The maximum atomic E-state index is 11.3. The topological polar surface area (TPSA) is 84.2 Å². The Morgan fingerprint density at radius 3 is 2.21 bits per heavy atom. The summed E-state index contributed by atoms with van der Waals surface area (Å²) >= 11 is 5.35. The van der Waals surface area contributed by atoms with Gasteiger partial charge in [-0.15, -0.1) is 0 Å². The molecule has 2 rings (SSSR count). The van der Waals surface area contributed by atoms with E-state index in [1.54, 1.807) is 12.1 Å². The van der Waals surface area contributed by atoms with Gasteiger partial charge < -0.3 is 10.6 Å². The van der Waals surface area contributed by atoms with Gasteiger partial charge in [0.25, 0.3) is 0 Å². The van der Waals surface area contributed by atoms with Gasteiger partial charge in [0.2, 0.25) is 10.0 Å². The van der Waals surface area contributed by atoms with Gasteiger partial charge in [-0.25, -0.2) is 13.6 Å². The first-order valence-electron chi connectivity index (χ1n) is 7.56. The van der Waals surface area contributed by atoms with Crippen LogP contribution in [0.1, 0.15) is 30.5 Å². The molecule has 0 saturated carbocycles. The molecule has 7 heteroatoms. The van der Waals surface area contributed by atoms with Gasteiger partial charge in [-0.3, -0.25) is 0 Å². The van der Waals surface area contributed by atoms with Crippen LogP contribution in [-0.4, -0.2) is 13.5 Å². The number of hydrogen-bond acceptors (Lipinski definition) is 3. The van der Waals surface area contributed by atoms with Crippen LogP contribution in [0.4, 0.5) is 5.69 Å². The van der Waals surface area contributed by atoms with Gasteiger partial charge in [0.05, 0.1) is 10.9 Å². The van der Waals surface area contributed by atoms with Crippen molar-refractivity contribution in [1.82, 2.24) is 5.32 Å². The number of anilines is 1. The number of rotatable bonds is 5. The van der Waals surface area contributed by atoms with Gasteiger partial charge in [0, 0.05) is 5.69 Å². The maximum Gasteiger partial charge on any atom is 0.238 e. The van der Waals surface area contributed by atoms with Crippen molar-refractivity contribution in [3.63, 3.8) is 0 Å². The van der Waals surface area contributed by atoms with E-state index in [2.05, 4.69) is 48.7 Å². The number of sulfonamides is 1. The second-order valence-corrected chi connectivity index (χ2v) is 7.51. The van der Waals surface area contributed by atoms with Crippen LogP contribution < -0.4 is 15.8 Å². The van der Waals surface area contributed by atoms with Crippen molar-refractivity contribution in [2.24, 2.45) is 5.14 Å². The molecule has 0 bridgehead atoms. The molecule has 1 atom stereocenters. The third-order valence-corrected chi connectivity index (χ3v) is 4.78. The zero-order valence-electron chi connectivity index (χ0n) is 13.6. The van der Waals surface area contributed by atoms with Gasteiger partial charge in [-0.1, -0.05) is 36.8 Å². The average Bonchev–Trinajstić information content (AvgIpc) is 2.53. The highest BCUT2D eigenvalue weighted by atomic mass is 32.2. The molecule has 2 aromatic rings. The quantitative estimate of drug-likeness (QED) is 0.711. The van der Waals surface area contributed by atoms with Crippen LogP contribution in [0.25, 0.3) is 0 Å². The van der Waals surface area contributed by atoms with E-state index < -0.39 is 10.0 Å². The molecule has 1 unspecified atom stereocenters. The molecule has 0 aliphatic rings. The summed E-state index contributed by atoms with van der Waals surface area (Å²) in [6.07, 6.45) is 0.884. The van der Waals surface area contributed by atoms with Gasteiger partial charge in [0.15, 0.2) is 5.11 Å². The van der Waals surface area contributed by atoms with E-state index >= 15 is 0 Å². The lowest BCUT2D eigenvalue weighted by atomic mass is 10.0. The van der Waals surface area contributed by atoms with Crippen molar-refractivity contribution in [2.45, 2.75) is 31.2 Å². The van der Waals surface area contributed by atoms with E-state index in [1.165, 1.54) is 17.7 Å². The average molecular weight is 364 g/mol. The molecule has 5 nitrogen and oxygen atoms in total. The molecule has 128 valence electrons. The minimum atomic E-state index is -3.69.